The van der Waals surface area contributed by atoms with Gasteiger partial charge in [-0.3, -0.25) is 9.59 Å². The van der Waals surface area contributed by atoms with Crippen LogP contribution in [0.25, 0.3) is 0 Å². The first-order valence-corrected chi connectivity index (χ1v) is 8.51. The zero-order chi connectivity index (χ0) is 17.3. The molecule has 0 unspecified atom stereocenters. The number of carbonyl (C=O) groups excluding carboxylic acids is 2. The summed E-state index contributed by atoms with van der Waals surface area (Å²) < 4.78 is 11.4. The molecule has 2 aliphatic rings. The first kappa shape index (κ1) is 17.1. The van der Waals surface area contributed by atoms with Gasteiger partial charge in [0.1, 0.15) is 0 Å². The smallest absolute Gasteiger partial charge is 0.254 e. The van der Waals surface area contributed by atoms with E-state index in [2.05, 4.69) is 0 Å². The number of hydrogen-bond acceptors (Lipinski definition) is 4. The molecular weight excluding hydrogens is 306 g/mol. The van der Waals surface area contributed by atoms with Crippen LogP contribution in [-0.2, 0) is 9.47 Å². The van der Waals surface area contributed by atoms with Gasteiger partial charge in [-0.25, -0.2) is 0 Å². The van der Waals surface area contributed by atoms with Crippen LogP contribution in [0.5, 0.6) is 0 Å². The van der Waals surface area contributed by atoms with Crippen LogP contribution in [0.1, 0.15) is 53.3 Å². The minimum atomic E-state index is -0.282. The van der Waals surface area contributed by atoms with Crippen LogP contribution in [0.4, 0.5) is 0 Å². The van der Waals surface area contributed by atoms with E-state index in [0.717, 1.165) is 25.7 Å². The Morgan fingerprint density at radius 1 is 1.17 bits per heavy atom. The lowest BCUT2D eigenvalue weighted by molar-refractivity contribution is -0.0893. The number of nitrogens with zero attached hydrogens (tertiary/aromatic N) is 1. The quantitative estimate of drug-likeness (QED) is 0.796. The number of fused-ring (bicyclic) bond motifs is 1. The van der Waals surface area contributed by atoms with Crippen molar-refractivity contribution in [3.63, 3.8) is 0 Å². The van der Waals surface area contributed by atoms with Crippen LogP contribution in [0.2, 0.25) is 0 Å². The second kappa shape index (κ2) is 6.65. The van der Waals surface area contributed by atoms with Gasteiger partial charge in [0.25, 0.3) is 5.91 Å². The fraction of sp³-hybridized carbons (Fsp3) is 0.579. The molecule has 5 heteroatoms. The van der Waals surface area contributed by atoms with Crippen molar-refractivity contribution in [1.82, 2.24) is 4.90 Å². The maximum atomic E-state index is 13.2. The number of ketones is 1. The average Bonchev–Trinajstić information content (AvgIpc) is 3.00. The second-order valence-electron chi connectivity index (χ2n) is 6.77. The summed E-state index contributed by atoms with van der Waals surface area (Å²) in [5.41, 5.74) is 0.684. The van der Waals surface area contributed by atoms with E-state index in [0.29, 0.717) is 17.7 Å². The molecule has 1 amide bonds. The lowest BCUT2D eigenvalue weighted by atomic mass is 9.79. The largest absolute Gasteiger partial charge is 0.381 e. The van der Waals surface area contributed by atoms with E-state index in [9.17, 15) is 9.59 Å². The zero-order valence-corrected chi connectivity index (χ0v) is 14.6. The molecule has 0 N–H and O–H groups in total. The van der Waals surface area contributed by atoms with Crippen molar-refractivity contribution in [2.45, 2.75) is 50.4 Å². The van der Waals surface area contributed by atoms with Crippen molar-refractivity contribution in [1.29, 1.82) is 0 Å². The average molecular weight is 331 g/mol. The van der Waals surface area contributed by atoms with Gasteiger partial charge in [-0.1, -0.05) is 18.2 Å². The molecule has 0 aromatic heterocycles. The van der Waals surface area contributed by atoms with E-state index in [4.69, 9.17) is 9.47 Å². The van der Waals surface area contributed by atoms with Gasteiger partial charge in [0, 0.05) is 26.3 Å². The molecule has 5 nitrogen and oxygen atoms in total. The SMILES string of the molecule is CO[C@H]1CC[C@@]2(OC)CCN(C(=O)c3ccccc3C(C)=O)[C@H]2C1. The molecule has 1 saturated heterocycles. The van der Waals surface area contributed by atoms with E-state index < -0.39 is 0 Å². The van der Waals surface area contributed by atoms with Crippen LogP contribution < -0.4 is 0 Å². The van der Waals surface area contributed by atoms with Crippen LogP contribution >= 0.6 is 0 Å². The minimum absolute atomic E-state index is 0.00582. The summed E-state index contributed by atoms with van der Waals surface area (Å²) in [4.78, 5) is 26.9. The third-order valence-electron chi connectivity index (χ3n) is 5.67. The molecule has 2 fully saturated rings. The number of Topliss-reactive ketones (excluding diaryl/α,β-unsaturated/α-hetero) is 1. The number of carbonyl (C=O) groups is 2. The van der Waals surface area contributed by atoms with Gasteiger partial charge in [-0.05, 0) is 38.7 Å². The Hall–Kier alpha value is -1.72. The van der Waals surface area contributed by atoms with Gasteiger partial charge in [0.05, 0.1) is 23.3 Å². The lowest BCUT2D eigenvalue weighted by Gasteiger charge is -2.43. The van der Waals surface area contributed by atoms with Crippen molar-refractivity contribution < 1.29 is 19.1 Å². The fourth-order valence-electron chi connectivity index (χ4n) is 4.25. The van der Waals surface area contributed by atoms with Gasteiger partial charge in [-0.2, -0.15) is 0 Å². The van der Waals surface area contributed by atoms with Crippen molar-refractivity contribution >= 4 is 11.7 Å². The van der Waals surface area contributed by atoms with Crippen LogP contribution in [-0.4, -0.2) is 55.1 Å². The predicted molar refractivity (Wildman–Crippen MR) is 90.3 cm³/mol. The standard InChI is InChI=1S/C19H25NO4/c1-13(21)15-6-4-5-7-16(15)18(22)20-11-10-19(24-3)9-8-14(23-2)12-17(19)20/h4-7,14,17H,8-12H2,1-3H3/t14-,17-,19+/m0/s1. The summed E-state index contributed by atoms with van der Waals surface area (Å²) in [5, 5.41) is 0. The molecule has 1 aliphatic carbocycles. The summed E-state index contributed by atoms with van der Waals surface area (Å²) in [5.74, 6) is -0.170. The van der Waals surface area contributed by atoms with Crippen LogP contribution in [0, 0.1) is 0 Å². The minimum Gasteiger partial charge on any atom is -0.381 e. The van der Waals surface area contributed by atoms with E-state index in [-0.39, 0.29) is 29.4 Å². The number of ether oxygens (including phenoxy) is 2. The number of likely N-dealkylation sites (tertiary alicyclic amines) is 1. The molecule has 1 aliphatic heterocycles. The highest BCUT2D eigenvalue weighted by molar-refractivity contribution is 6.07. The molecule has 1 heterocycles. The van der Waals surface area contributed by atoms with Crippen molar-refractivity contribution in [3.05, 3.63) is 35.4 Å². The Balaban J connectivity index is 1.92. The summed E-state index contributed by atoms with van der Waals surface area (Å²) in [7, 11) is 3.45. The first-order valence-electron chi connectivity index (χ1n) is 8.51. The summed E-state index contributed by atoms with van der Waals surface area (Å²) >= 11 is 0. The molecule has 1 aromatic carbocycles. The van der Waals surface area contributed by atoms with E-state index >= 15 is 0 Å². The Labute approximate surface area is 142 Å². The van der Waals surface area contributed by atoms with E-state index in [1.54, 1.807) is 38.5 Å². The van der Waals surface area contributed by atoms with Gasteiger partial charge in [-0.15, -0.1) is 0 Å². The summed E-state index contributed by atoms with van der Waals surface area (Å²) in [6, 6.07) is 7.04. The van der Waals surface area contributed by atoms with Crippen molar-refractivity contribution in [3.8, 4) is 0 Å². The van der Waals surface area contributed by atoms with Gasteiger partial charge in [0.2, 0.25) is 0 Å². The molecule has 0 radical (unpaired) electrons. The maximum absolute atomic E-state index is 13.2. The Bertz CT molecular complexity index is 644. The predicted octanol–water partition coefficient (Wildman–Crippen LogP) is 2.69. The lowest BCUT2D eigenvalue weighted by Crippen LogP contribution is -2.53. The van der Waals surface area contributed by atoms with Crippen LogP contribution in [0.15, 0.2) is 24.3 Å². The molecule has 0 spiro atoms. The number of amides is 1. The maximum Gasteiger partial charge on any atom is 0.254 e. The number of benzene rings is 1. The van der Waals surface area contributed by atoms with Gasteiger partial charge < -0.3 is 14.4 Å². The molecule has 24 heavy (non-hydrogen) atoms. The summed E-state index contributed by atoms with van der Waals surface area (Å²) in [6.07, 6.45) is 3.60. The third kappa shape index (κ3) is 2.76. The number of rotatable bonds is 4. The highest BCUT2D eigenvalue weighted by Gasteiger charge is 2.52. The van der Waals surface area contributed by atoms with Crippen molar-refractivity contribution in [2.75, 3.05) is 20.8 Å². The number of methoxy groups -OCH3 is 2. The monoisotopic (exact) mass is 331 g/mol. The molecule has 3 rings (SSSR count). The molecule has 0 bridgehead atoms. The molecule has 130 valence electrons. The second-order valence-corrected chi connectivity index (χ2v) is 6.77. The zero-order valence-electron chi connectivity index (χ0n) is 14.6. The molecule has 1 saturated carbocycles. The van der Waals surface area contributed by atoms with Gasteiger partial charge in [0.15, 0.2) is 5.78 Å². The van der Waals surface area contributed by atoms with Crippen LogP contribution in [0.3, 0.4) is 0 Å². The van der Waals surface area contributed by atoms with Gasteiger partial charge >= 0.3 is 0 Å². The topological polar surface area (TPSA) is 55.8 Å². The molecule has 3 atom stereocenters. The normalized spacial score (nSPS) is 29.4. The Morgan fingerprint density at radius 3 is 2.50 bits per heavy atom. The van der Waals surface area contributed by atoms with Crippen molar-refractivity contribution in [2.24, 2.45) is 0 Å². The Morgan fingerprint density at radius 2 is 1.88 bits per heavy atom. The highest BCUT2D eigenvalue weighted by atomic mass is 16.5. The summed E-state index contributed by atoms with van der Waals surface area (Å²) in [6.45, 7) is 2.15. The number of hydrogen-bond donors (Lipinski definition) is 0. The van der Waals surface area contributed by atoms with E-state index in [1.807, 2.05) is 4.90 Å². The first-order chi connectivity index (χ1) is 11.5. The highest BCUT2D eigenvalue weighted by Crippen LogP contribution is 2.43. The fourth-order valence-corrected chi connectivity index (χ4v) is 4.25. The Kier molecular flexibility index (Phi) is 4.74. The molecule has 1 aromatic rings. The molecular formula is C19H25NO4. The van der Waals surface area contributed by atoms with E-state index in [1.165, 1.54) is 6.92 Å². The third-order valence-corrected chi connectivity index (χ3v) is 5.67.